The Hall–Kier alpha value is -0.580. The number of aliphatic hydroxyl groups is 1. The Bertz CT molecular complexity index is 422. The third-order valence-corrected chi connectivity index (χ3v) is 4.39. The molecule has 1 heterocycles. The lowest BCUT2D eigenvalue weighted by Crippen LogP contribution is -2.50. The van der Waals surface area contributed by atoms with Crippen LogP contribution >= 0.6 is 15.9 Å². The van der Waals surface area contributed by atoms with E-state index in [1.807, 2.05) is 12.1 Å². The first-order valence-electron chi connectivity index (χ1n) is 6.41. The summed E-state index contributed by atoms with van der Waals surface area (Å²) in [4.78, 5) is 4.79. The number of rotatable bonds is 2. The van der Waals surface area contributed by atoms with Crippen LogP contribution in [0.5, 0.6) is 0 Å². The Kier molecular flexibility index (Phi) is 4.30. The van der Waals surface area contributed by atoms with Gasteiger partial charge in [0.1, 0.15) is 0 Å². The summed E-state index contributed by atoms with van der Waals surface area (Å²) in [5.74, 6) is 0. The molecule has 1 aromatic carbocycles. The van der Waals surface area contributed by atoms with Gasteiger partial charge >= 0.3 is 0 Å². The molecule has 0 spiro atoms. The fourth-order valence-corrected chi connectivity index (χ4v) is 2.95. The van der Waals surface area contributed by atoms with Crippen LogP contribution in [0, 0.1) is 0 Å². The van der Waals surface area contributed by atoms with Crippen molar-refractivity contribution in [3.63, 3.8) is 0 Å². The Morgan fingerprint density at radius 2 is 2.11 bits per heavy atom. The zero-order valence-electron chi connectivity index (χ0n) is 11.2. The molecule has 18 heavy (non-hydrogen) atoms. The minimum Gasteiger partial charge on any atom is -0.389 e. The third-order valence-electron chi connectivity index (χ3n) is 3.75. The summed E-state index contributed by atoms with van der Waals surface area (Å²) in [5, 5.41) is 9.59. The molecule has 100 valence electrons. The van der Waals surface area contributed by atoms with Crippen molar-refractivity contribution in [2.45, 2.75) is 26.0 Å². The van der Waals surface area contributed by atoms with E-state index in [-0.39, 0.29) is 0 Å². The molecule has 1 N–H and O–H groups in total. The molecule has 0 aromatic heterocycles. The smallest absolute Gasteiger partial charge is 0.0762 e. The van der Waals surface area contributed by atoms with Gasteiger partial charge in [0.05, 0.1) is 11.8 Å². The largest absolute Gasteiger partial charge is 0.389 e. The van der Waals surface area contributed by atoms with Crippen molar-refractivity contribution in [3.8, 4) is 0 Å². The molecule has 0 aliphatic carbocycles. The van der Waals surface area contributed by atoms with Crippen LogP contribution in [0.1, 0.15) is 25.5 Å². The molecule has 1 saturated heterocycles. The highest BCUT2D eigenvalue weighted by atomic mass is 79.9. The SMILES string of the molecule is CC1CN(c2ccc([C@H](C)O)cc2Br)CCN1C. The number of piperazine rings is 1. The molecule has 0 amide bonds. The van der Waals surface area contributed by atoms with Crippen molar-refractivity contribution in [2.75, 3.05) is 31.6 Å². The van der Waals surface area contributed by atoms with E-state index in [0.717, 1.165) is 29.7 Å². The predicted molar refractivity (Wildman–Crippen MR) is 79.1 cm³/mol. The summed E-state index contributed by atoms with van der Waals surface area (Å²) >= 11 is 3.62. The second-order valence-electron chi connectivity index (χ2n) is 5.16. The molecule has 2 rings (SSSR count). The first-order chi connectivity index (χ1) is 8.49. The standard InChI is InChI=1S/C14H21BrN2O/c1-10-9-17(7-6-16(10)3)14-5-4-12(11(2)18)8-13(14)15/h4-5,8,10-11,18H,6-7,9H2,1-3H3/t10?,11-/m0/s1. The zero-order chi connectivity index (χ0) is 13.3. The first kappa shape index (κ1) is 13.8. The molecule has 1 fully saturated rings. The third kappa shape index (κ3) is 2.87. The molecule has 1 aliphatic rings. The van der Waals surface area contributed by atoms with Crippen LogP contribution in [0.4, 0.5) is 5.69 Å². The fourth-order valence-electron chi connectivity index (χ4n) is 2.31. The van der Waals surface area contributed by atoms with E-state index in [1.165, 1.54) is 5.69 Å². The lowest BCUT2D eigenvalue weighted by atomic mass is 10.1. The highest BCUT2D eigenvalue weighted by Crippen LogP contribution is 2.30. The lowest BCUT2D eigenvalue weighted by molar-refractivity contribution is 0.199. The molecule has 0 radical (unpaired) electrons. The average molecular weight is 313 g/mol. The number of aliphatic hydroxyl groups excluding tert-OH is 1. The van der Waals surface area contributed by atoms with Crippen LogP contribution in [-0.4, -0.2) is 42.7 Å². The molecular weight excluding hydrogens is 292 g/mol. The van der Waals surface area contributed by atoms with E-state index in [2.05, 4.69) is 45.8 Å². The van der Waals surface area contributed by atoms with Crippen LogP contribution in [0.25, 0.3) is 0 Å². The summed E-state index contributed by atoms with van der Waals surface area (Å²) in [6, 6.07) is 6.70. The first-order valence-corrected chi connectivity index (χ1v) is 7.21. The van der Waals surface area contributed by atoms with Crippen LogP contribution in [0.2, 0.25) is 0 Å². The van der Waals surface area contributed by atoms with E-state index in [4.69, 9.17) is 0 Å². The summed E-state index contributed by atoms with van der Waals surface area (Å²) in [7, 11) is 2.17. The second kappa shape index (κ2) is 5.59. The summed E-state index contributed by atoms with van der Waals surface area (Å²) < 4.78 is 1.07. The van der Waals surface area contributed by atoms with Crippen molar-refractivity contribution in [3.05, 3.63) is 28.2 Å². The van der Waals surface area contributed by atoms with Crippen LogP contribution in [0.3, 0.4) is 0 Å². The number of nitrogens with zero attached hydrogens (tertiary/aromatic N) is 2. The van der Waals surface area contributed by atoms with Gasteiger partial charge in [-0.15, -0.1) is 0 Å². The van der Waals surface area contributed by atoms with E-state index in [1.54, 1.807) is 6.92 Å². The molecule has 4 heteroatoms. The summed E-state index contributed by atoms with van der Waals surface area (Å²) in [5.41, 5.74) is 2.17. The average Bonchev–Trinajstić information content (AvgIpc) is 2.32. The van der Waals surface area contributed by atoms with Crippen LogP contribution in [0.15, 0.2) is 22.7 Å². The topological polar surface area (TPSA) is 26.7 Å². The second-order valence-corrected chi connectivity index (χ2v) is 6.02. The minimum atomic E-state index is -0.415. The van der Waals surface area contributed by atoms with Gasteiger partial charge in [-0.25, -0.2) is 0 Å². The van der Waals surface area contributed by atoms with Gasteiger partial charge in [0.2, 0.25) is 0 Å². The van der Waals surface area contributed by atoms with E-state index < -0.39 is 6.10 Å². The number of hydrogen-bond acceptors (Lipinski definition) is 3. The molecule has 1 aromatic rings. The van der Waals surface area contributed by atoms with Gasteiger partial charge in [0.25, 0.3) is 0 Å². The van der Waals surface area contributed by atoms with Crippen molar-refractivity contribution >= 4 is 21.6 Å². The molecule has 0 saturated carbocycles. The quantitative estimate of drug-likeness (QED) is 0.909. The number of hydrogen-bond donors (Lipinski definition) is 1. The number of halogens is 1. The highest BCUT2D eigenvalue weighted by Gasteiger charge is 2.22. The Labute approximate surface area is 118 Å². The Morgan fingerprint density at radius 3 is 2.67 bits per heavy atom. The highest BCUT2D eigenvalue weighted by molar-refractivity contribution is 9.10. The maximum atomic E-state index is 9.59. The van der Waals surface area contributed by atoms with Gasteiger partial charge in [0.15, 0.2) is 0 Å². The number of likely N-dealkylation sites (N-methyl/N-ethyl adjacent to an activating group) is 1. The summed E-state index contributed by atoms with van der Waals surface area (Å²) in [6.45, 7) is 7.23. The molecule has 1 aliphatic heterocycles. The fraction of sp³-hybridized carbons (Fsp3) is 0.571. The van der Waals surface area contributed by atoms with E-state index in [9.17, 15) is 5.11 Å². The van der Waals surface area contributed by atoms with Gasteiger partial charge in [0, 0.05) is 30.1 Å². The molecule has 0 bridgehead atoms. The zero-order valence-corrected chi connectivity index (χ0v) is 12.8. The maximum absolute atomic E-state index is 9.59. The van der Waals surface area contributed by atoms with Gasteiger partial charge in [-0.1, -0.05) is 6.07 Å². The number of anilines is 1. The molecular formula is C14H21BrN2O. The van der Waals surface area contributed by atoms with Crippen molar-refractivity contribution in [1.29, 1.82) is 0 Å². The van der Waals surface area contributed by atoms with Gasteiger partial charge in [-0.2, -0.15) is 0 Å². The van der Waals surface area contributed by atoms with Gasteiger partial charge < -0.3 is 14.9 Å². The van der Waals surface area contributed by atoms with E-state index >= 15 is 0 Å². The Morgan fingerprint density at radius 1 is 1.39 bits per heavy atom. The van der Waals surface area contributed by atoms with Crippen molar-refractivity contribution in [1.82, 2.24) is 4.90 Å². The van der Waals surface area contributed by atoms with Crippen molar-refractivity contribution in [2.24, 2.45) is 0 Å². The monoisotopic (exact) mass is 312 g/mol. The maximum Gasteiger partial charge on any atom is 0.0762 e. The molecule has 3 nitrogen and oxygen atoms in total. The summed E-state index contributed by atoms with van der Waals surface area (Å²) in [6.07, 6.45) is -0.415. The molecule has 2 atom stereocenters. The minimum absolute atomic E-state index is 0.415. The van der Waals surface area contributed by atoms with Crippen molar-refractivity contribution < 1.29 is 5.11 Å². The van der Waals surface area contributed by atoms with Gasteiger partial charge in [-0.05, 0) is 54.5 Å². The van der Waals surface area contributed by atoms with Crippen LogP contribution in [-0.2, 0) is 0 Å². The van der Waals surface area contributed by atoms with Crippen LogP contribution < -0.4 is 4.90 Å². The van der Waals surface area contributed by atoms with Gasteiger partial charge in [-0.3, -0.25) is 0 Å². The Balaban J connectivity index is 2.19. The molecule has 1 unspecified atom stereocenters. The normalized spacial score (nSPS) is 23.2. The number of benzene rings is 1. The predicted octanol–water partition coefficient (Wildman–Crippen LogP) is 2.64. The van der Waals surface area contributed by atoms with E-state index in [0.29, 0.717) is 6.04 Å². The lowest BCUT2D eigenvalue weighted by Gasteiger charge is -2.39.